The van der Waals surface area contributed by atoms with Crippen molar-refractivity contribution >= 4 is 206 Å². The highest BCUT2D eigenvalue weighted by Crippen LogP contribution is 2.56. The second kappa shape index (κ2) is 9.00. The predicted molar refractivity (Wildman–Crippen MR) is 187 cm³/mol. The first-order chi connectivity index (χ1) is 18.2. The molecule has 0 unspecified atom stereocenters. The fourth-order valence-corrected chi connectivity index (χ4v) is 9.06. The summed E-state index contributed by atoms with van der Waals surface area (Å²) in [7, 11) is 0. The van der Waals surface area contributed by atoms with Crippen LogP contribution in [0.15, 0.2) is 12.1 Å². The van der Waals surface area contributed by atoms with Crippen LogP contribution < -0.4 is 20.9 Å². The lowest BCUT2D eigenvalue weighted by Crippen LogP contribution is -2.36. The average Bonchev–Trinajstić information content (AvgIpc) is 2.92. The van der Waals surface area contributed by atoms with Gasteiger partial charge in [0.05, 0.1) is 30.1 Å². The van der Waals surface area contributed by atoms with Gasteiger partial charge < -0.3 is 0 Å². The summed E-state index contributed by atoms with van der Waals surface area (Å²) in [6.45, 7) is 0. The molecule has 0 nitrogen and oxygen atoms in total. The second-order valence-electron chi connectivity index (χ2n) is 8.97. The quantitative estimate of drug-likeness (QED) is 0.0682. The lowest BCUT2D eigenvalue weighted by Gasteiger charge is -2.25. The number of halogens is 6. The van der Waals surface area contributed by atoms with Crippen LogP contribution in [-0.2, 0) is 0 Å². The molecule has 0 aliphatic rings. The minimum atomic E-state index is 0.256. The van der Waals surface area contributed by atoms with Gasteiger partial charge in [0.25, 0.3) is 0 Å². The highest BCUT2D eigenvalue weighted by atomic mass is 35.5. The maximum Gasteiger partial charge on any atom is 0.0693 e. The van der Waals surface area contributed by atoms with E-state index < -0.39 is 0 Å². The van der Waals surface area contributed by atoms with E-state index in [1.807, 2.05) is 12.1 Å². The van der Waals surface area contributed by atoms with Crippen molar-refractivity contribution in [3.05, 3.63) is 63.1 Å². The zero-order valence-corrected chi connectivity index (χ0v) is 26.6. The van der Waals surface area contributed by atoms with E-state index in [9.17, 15) is 0 Å². The van der Waals surface area contributed by atoms with Crippen molar-refractivity contribution in [1.29, 1.82) is 0 Å². The van der Waals surface area contributed by atoms with Crippen LogP contribution in [-0.4, -0.2) is 0 Å². The molecule has 7 rings (SSSR count). The lowest BCUT2D eigenvalue weighted by atomic mass is 9.81. The molecule has 188 valence electrons. The molecule has 38 heavy (non-hydrogen) atoms. The Morgan fingerprint density at radius 3 is 1.24 bits per heavy atom. The largest absolute Gasteiger partial charge is 0.151 e. The average molecular weight is 687 g/mol. The molecule has 0 heterocycles. The Kier molecular flexibility index (Phi) is 6.25. The Labute approximate surface area is 267 Å². The van der Waals surface area contributed by atoms with Gasteiger partial charge >= 0.3 is 0 Å². The first-order valence-electron chi connectivity index (χ1n) is 11.0. The van der Waals surface area contributed by atoms with E-state index in [-0.39, 0.29) is 10.0 Å². The molecular weight excluding hydrogens is 677 g/mol. The van der Waals surface area contributed by atoms with Gasteiger partial charge in [-0.05, 0) is 58.7 Å². The minimum absolute atomic E-state index is 0.256. The van der Waals surface area contributed by atoms with Gasteiger partial charge in [0.15, 0.2) is 0 Å². The van der Waals surface area contributed by atoms with Gasteiger partial charge in [-0.25, -0.2) is 0 Å². The molecule has 0 radical (unpaired) electrons. The highest BCUT2D eigenvalue weighted by Gasteiger charge is 2.30. The summed E-state index contributed by atoms with van der Waals surface area (Å²) in [4.78, 5) is 0. The van der Waals surface area contributed by atoms with Crippen molar-refractivity contribution in [2.24, 2.45) is 0 Å². The molecule has 0 aromatic heterocycles. The number of benzene rings is 7. The number of hydrogen-bond acceptors (Lipinski definition) is 4. The van der Waals surface area contributed by atoms with Crippen LogP contribution in [0.4, 0.5) is 0 Å². The highest BCUT2D eigenvalue weighted by molar-refractivity contribution is 7.89. The third kappa shape index (κ3) is 2.91. The normalized spacial score (nSPS) is 15.2. The van der Waals surface area contributed by atoms with Crippen LogP contribution >= 0.6 is 120 Å². The Morgan fingerprint density at radius 2 is 0.684 bits per heavy atom. The Balaban J connectivity index is 2.19. The zero-order chi connectivity index (χ0) is 26.9. The van der Waals surface area contributed by atoms with Crippen molar-refractivity contribution < 1.29 is 0 Å². The predicted octanol–water partition coefficient (Wildman–Crippen LogP) is 9.51. The lowest BCUT2D eigenvalue weighted by molar-refractivity contribution is 1.62. The number of rotatable bonds is 0. The van der Waals surface area contributed by atoms with Crippen molar-refractivity contribution in [1.82, 2.24) is 0 Å². The van der Waals surface area contributed by atoms with Crippen LogP contribution in [0, 0.1) is 0 Å². The Hall–Kier alpha value is -0.500. The molecule has 10 heteroatoms. The first kappa shape index (κ1) is 26.4. The fourth-order valence-electron chi connectivity index (χ4n) is 6.20. The third-order valence-corrected chi connectivity index (χ3v) is 11.2. The summed E-state index contributed by atoms with van der Waals surface area (Å²) >= 11 is 60.1. The van der Waals surface area contributed by atoms with Crippen molar-refractivity contribution in [2.75, 3.05) is 0 Å². The van der Waals surface area contributed by atoms with Gasteiger partial charge in [-0.3, -0.25) is 0 Å². The monoisotopic (exact) mass is 684 g/mol. The van der Waals surface area contributed by atoms with E-state index in [1.165, 1.54) is 0 Å². The van der Waals surface area contributed by atoms with Crippen LogP contribution in [0.5, 0.6) is 0 Å². The zero-order valence-electron chi connectivity index (χ0n) is 18.5. The summed E-state index contributed by atoms with van der Waals surface area (Å²) in [6, 6.07) is 4.00. The molecule has 0 atom stereocenters. The molecule has 0 saturated heterocycles. The minimum Gasteiger partial charge on any atom is -0.151 e. The van der Waals surface area contributed by atoms with Gasteiger partial charge in [-0.2, -0.15) is 50.5 Å². The van der Waals surface area contributed by atoms with Crippen molar-refractivity contribution in [3.8, 4) is 0 Å². The van der Waals surface area contributed by atoms with Crippen LogP contribution in [0.25, 0.3) is 86.3 Å². The first-order valence-corrected chi connectivity index (χ1v) is 15.3. The molecule has 7 aromatic carbocycles. The summed E-state index contributed by atoms with van der Waals surface area (Å²) in [5, 5.41) is 22.1. The topological polar surface area (TPSA) is 0 Å². The summed E-state index contributed by atoms with van der Waals surface area (Å²) in [6.07, 6.45) is 0. The molecular formula is C28H10Cl6S4. The van der Waals surface area contributed by atoms with Crippen LogP contribution in [0.2, 0.25) is 30.1 Å². The fraction of sp³-hybridized carbons (Fsp3) is 0. The van der Waals surface area contributed by atoms with Gasteiger partial charge in [0.1, 0.15) is 0 Å². The third-order valence-electron chi connectivity index (χ3n) is 7.56. The molecule has 0 N–H and O–H groups in total. The van der Waals surface area contributed by atoms with Gasteiger partial charge in [-0.15, -0.1) is 0 Å². The Bertz CT molecular complexity index is 2450. The Morgan fingerprint density at radius 1 is 0.342 bits per heavy atom. The van der Waals surface area contributed by atoms with E-state index >= 15 is 0 Å². The van der Waals surface area contributed by atoms with E-state index in [0.29, 0.717) is 30.9 Å². The van der Waals surface area contributed by atoms with Crippen LogP contribution in [0.3, 0.4) is 0 Å². The molecule has 0 fully saturated rings. The summed E-state index contributed by atoms with van der Waals surface area (Å²) in [5.41, 5.74) is 0. The molecule has 0 saturated carbocycles. The second-order valence-corrected chi connectivity index (χ2v) is 12.3. The number of thiol groups is 4. The van der Waals surface area contributed by atoms with E-state index in [4.69, 9.17) is 69.6 Å². The molecule has 0 bridgehead atoms. The number of hydrogen-bond donors (Lipinski definition) is 4. The van der Waals surface area contributed by atoms with Gasteiger partial charge in [0, 0.05) is 48.5 Å². The standard InChI is InChI=1S/C28H10Cl6S4/c29-23-8-2-1-7-9(3-35)10(4-36)13-11(5-37)12(6-38)16-19-17(13)14(7)15(8)18-20(19)22(26(32)24(16)30)28(34)27(33)21(18)25(23)31/h1-6,35-38H. The molecule has 7 aromatic rings. The van der Waals surface area contributed by atoms with Gasteiger partial charge in [-0.1, -0.05) is 81.7 Å². The molecule has 0 spiro atoms. The van der Waals surface area contributed by atoms with Crippen molar-refractivity contribution in [2.45, 2.75) is 0 Å². The maximum absolute atomic E-state index is 7.05. The molecule has 0 amide bonds. The summed E-state index contributed by atoms with van der Waals surface area (Å²) in [5.74, 6) is 0. The van der Waals surface area contributed by atoms with Crippen molar-refractivity contribution in [3.63, 3.8) is 0 Å². The van der Waals surface area contributed by atoms with E-state index in [0.717, 1.165) is 74.7 Å². The summed E-state index contributed by atoms with van der Waals surface area (Å²) < 4.78 is 0. The van der Waals surface area contributed by atoms with Crippen LogP contribution in [0.1, 0.15) is 0 Å². The van der Waals surface area contributed by atoms with E-state index in [2.05, 4.69) is 50.5 Å². The molecule has 0 aliphatic heterocycles. The maximum atomic E-state index is 7.05. The van der Waals surface area contributed by atoms with E-state index in [1.54, 1.807) is 21.6 Å². The SMILES string of the molecule is SC=c1c(=CS)c2c(=CS)c(=CS)c3c(Cl)c(Cl)c4c(Cl)c(Cl)c5c(Cl)c(Cl)c6ccc1c1c6c5c4c3c21. The van der Waals surface area contributed by atoms with Gasteiger partial charge in [0.2, 0.25) is 0 Å². The molecule has 0 aliphatic carbocycles. The smallest absolute Gasteiger partial charge is 0.0693 e.